The standard InChI is InChI=1S/C17H22ClN3O2/c1-17(2,3)23-16(22)21-13-6-5-12(9-13)20-15-8-11(10-19)4-7-14(15)18/h4,7-8,12-13,20H,5-6,9H2,1-3H3,(H,21,22). The van der Waals surface area contributed by atoms with Gasteiger partial charge in [0, 0.05) is 12.1 Å². The van der Waals surface area contributed by atoms with Crippen LogP contribution in [0.3, 0.4) is 0 Å². The van der Waals surface area contributed by atoms with Gasteiger partial charge in [-0.2, -0.15) is 5.26 Å². The SMILES string of the molecule is CC(C)(C)OC(=O)NC1CCC(Nc2cc(C#N)ccc2Cl)C1. The van der Waals surface area contributed by atoms with Crippen molar-refractivity contribution in [2.75, 3.05) is 5.32 Å². The number of carbonyl (C=O) groups is 1. The quantitative estimate of drug-likeness (QED) is 0.873. The first kappa shape index (κ1) is 17.4. The van der Waals surface area contributed by atoms with Gasteiger partial charge in [-0.3, -0.25) is 0 Å². The fourth-order valence-corrected chi connectivity index (χ4v) is 2.82. The van der Waals surface area contributed by atoms with Crippen molar-refractivity contribution in [2.24, 2.45) is 0 Å². The molecule has 0 saturated heterocycles. The molecule has 124 valence electrons. The van der Waals surface area contributed by atoms with Crippen LogP contribution in [-0.4, -0.2) is 23.8 Å². The molecule has 0 aromatic heterocycles. The molecule has 0 spiro atoms. The van der Waals surface area contributed by atoms with E-state index in [4.69, 9.17) is 21.6 Å². The van der Waals surface area contributed by atoms with Gasteiger partial charge >= 0.3 is 6.09 Å². The maximum absolute atomic E-state index is 11.8. The first-order chi connectivity index (χ1) is 10.8. The number of halogens is 1. The van der Waals surface area contributed by atoms with E-state index in [2.05, 4.69) is 16.7 Å². The number of nitrogens with one attached hydrogen (secondary N) is 2. The van der Waals surface area contributed by atoms with Crippen LogP contribution in [0.5, 0.6) is 0 Å². The topological polar surface area (TPSA) is 74.2 Å². The molecule has 5 nitrogen and oxygen atoms in total. The van der Waals surface area contributed by atoms with Crippen molar-refractivity contribution >= 4 is 23.4 Å². The minimum atomic E-state index is -0.494. The Bertz CT molecular complexity index is 619. The van der Waals surface area contributed by atoms with Crippen LogP contribution < -0.4 is 10.6 Å². The molecule has 1 saturated carbocycles. The Morgan fingerprint density at radius 2 is 2.04 bits per heavy atom. The Labute approximate surface area is 142 Å². The van der Waals surface area contributed by atoms with Crippen molar-refractivity contribution in [1.29, 1.82) is 5.26 Å². The number of carbonyl (C=O) groups excluding carboxylic acids is 1. The highest BCUT2D eigenvalue weighted by atomic mass is 35.5. The zero-order valence-corrected chi connectivity index (χ0v) is 14.4. The van der Waals surface area contributed by atoms with Crippen LogP contribution in [0.4, 0.5) is 10.5 Å². The molecule has 23 heavy (non-hydrogen) atoms. The molecule has 2 atom stereocenters. The summed E-state index contributed by atoms with van der Waals surface area (Å²) in [5.74, 6) is 0. The first-order valence-corrected chi connectivity index (χ1v) is 8.10. The number of anilines is 1. The molecule has 1 aliphatic carbocycles. The summed E-state index contributed by atoms with van der Waals surface area (Å²) < 4.78 is 5.27. The second-order valence-corrected chi connectivity index (χ2v) is 7.21. The molecule has 1 aliphatic rings. The van der Waals surface area contributed by atoms with Crippen molar-refractivity contribution in [3.05, 3.63) is 28.8 Å². The van der Waals surface area contributed by atoms with E-state index in [9.17, 15) is 4.79 Å². The molecular weight excluding hydrogens is 314 g/mol. The van der Waals surface area contributed by atoms with E-state index in [-0.39, 0.29) is 18.2 Å². The van der Waals surface area contributed by atoms with E-state index in [1.807, 2.05) is 20.8 Å². The highest BCUT2D eigenvalue weighted by Crippen LogP contribution is 2.28. The molecule has 0 bridgehead atoms. The second-order valence-electron chi connectivity index (χ2n) is 6.80. The summed E-state index contributed by atoms with van der Waals surface area (Å²) in [4.78, 5) is 11.8. The number of alkyl carbamates (subject to hydrolysis) is 1. The van der Waals surface area contributed by atoms with Crippen molar-refractivity contribution in [3.8, 4) is 6.07 Å². The molecule has 2 N–H and O–H groups in total. The number of rotatable bonds is 3. The maximum atomic E-state index is 11.8. The molecule has 6 heteroatoms. The summed E-state index contributed by atoms with van der Waals surface area (Å²) in [5, 5.41) is 15.8. The van der Waals surface area contributed by atoms with Crippen molar-refractivity contribution < 1.29 is 9.53 Å². The third-order valence-electron chi connectivity index (χ3n) is 3.61. The molecule has 1 amide bonds. The van der Waals surface area contributed by atoms with E-state index in [0.717, 1.165) is 24.9 Å². The summed E-state index contributed by atoms with van der Waals surface area (Å²) >= 11 is 6.16. The second kappa shape index (κ2) is 7.10. The van der Waals surface area contributed by atoms with E-state index < -0.39 is 5.60 Å². The minimum Gasteiger partial charge on any atom is -0.444 e. The predicted octanol–water partition coefficient (Wildman–Crippen LogP) is 4.07. The first-order valence-electron chi connectivity index (χ1n) is 7.72. The van der Waals surface area contributed by atoms with Crippen LogP contribution in [0.15, 0.2) is 18.2 Å². The minimum absolute atomic E-state index is 0.0836. The fourth-order valence-electron chi connectivity index (χ4n) is 2.64. The van der Waals surface area contributed by atoms with Crippen LogP contribution in [0.2, 0.25) is 5.02 Å². The number of hydrogen-bond donors (Lipinski definition) is 2. The zero-order chi connectivity index (χ0) is 17.0. The van der Waals surface area contributed by atoms with Gasteiger partial charge in [0.15, 0.2) is 0 Å². The van der Waals surface area contributed by atoms with Gasteiger partial charge in [-0.1, -0.05) is 11.6 Å². The van der Waals surface area contributed by atoms with E-state index >= 15 is 0 Å². The Balaban J connectivity index is 1.89. The van der Waals surface area contributed by atoms with Crippen LogP contribution in [-0.2, 0) is 4.74 Å². The van der Waals surface area contributed by atoms with Crippen molar-refractivity contribution in [1.82, 2.24) is 5.32 Å². The Morgan fingerprint density at radius 3 is 2.70 bits per heavy atom. The largest absolute Gasteiger partial charge is 0.444 e. The lowest BCUT2D eigenvalue weighted by Crippen LogP contribution is -2.38. The molecular formula is C17H22ClN3O2. The van der Waals surface area contributed by atoms with Crippen LogP contribution in [0.25, 0.3) is 0 Å². The van der Waals surface area contributed by atoms with Crippen molar-refractivity contribution in [3.63, 3.8) is 0 Å². The molecule has 1 aromatic rings. The van der Waals surface area contributed by atoms with E-state index in [1.165, 1.54) is 0 Å². The fraction of sp³-hybridized carbons (Fsp3) is 0.529. The van der Waals surface area contributed by atoms with Gasteiger partial charge < -0.3 is 15.4 Å². The van der Waals surface area contributed by atoms with Gasteiger partial charge in [0.1, 0.15) is 5.60 Å². The molecule has 0 radical (unpaired) electrons. The predicted molar refractivity (Wildman–Crippen MR) is 90.6 cm³/mol. The van der Waals surface area contributed by atoms with Gasteiger partial charge in [0.2, 0.25) is 0 Å². The highest BCUT2D eigenvalue weighted by Gasteiger charge is 2.28. The average Bonchev–Trinajstić information content (AvgIpc) is 2.86. The summed E-state index contributed by atoms with van der Waals surface area (Å²) in [5.41, 5.74) is 0.831. The van der Waals surface area contributed by atoms with Crippen LogP contribution in [0, 0.1) is 11.3 Å². The molecule has 2 rings (SSSR count). The van der Waals surface area contributed by atoms with E-state index in [1.54, 1.807) is 18.2 Å². The van der Waals surface area contributed by atoms with Gasteiger partial charge in [0.05, 0.1) is 22.3 Å². The zero-order valence-electron chi connectivity index (χ0n) is 13.6. The summed E-state index contributed by atoms with van der Waals surface area (Å²) in [6.07, 6.45) is 2.22. The molecule has 1 fully saturated rings. The normalized spacial score (nSPS) is 20.7. The highest BCUT2D eigenvalue weighted by molar-refractivity contribution is 6.33. The van der Waals surface area contributed by atoms with Gasteiger partial charge in [-0.25, -0.2) is 4.79 Å². The van der Waals surface area contributed by atoms with Gasteiger partial charge in [-0.15, -0.1) is 0 Å². The lowest BCUT2D eigenvalue weighted by atomic mass is 10.2. The van der Waals surface area contributed by atoms with E-state index in [0.29, 0.717) is 10.6 Å². The monoisotopic (exact) mass is 335 g/mol. The van der Waals surface area contributed by atoms with Crippen LogP contribution in [0.1, 0.15) is 45.6 Å². The molecule has 1 aromatic carbocycles. The van der Waals surface area contributed by atoms with Crippen molar-refractivity contribution in [2.45, 2.75) is 57.7 Å². The number of amides is 1. The number of ether oxygens (including phenoxy) is 1. The Morgan fingerprint density at radius 1 is 1.35 bits per heavy atom. The number of nitriles is 1. The number of benzene rings is 1. The van der Waals surface area contributed by atoms with Gasteiger partial charge in [-0.05, 0) is 58.2 Å². The maximum Gasteiger partial charge on any atom is 0.407 e. The summed E-state index contributed by atoms with van der Waals surface area (Å²) in [6.45, 7) is 5.53. The lowest BCUT2D eigenvalue weighted by Gasteiger charge is -2.22. The third kappa shape index (κ3) is 5.33. The molecule has 0 aliphatic heterocycles. The Hall–Kier alpha value is -1.93. The lowest BCUT2D eigenvalue weighted by molar-refractivity contribution is 0.0505. The smallest absolute Gasteiger partial charge is 0.407 e. The number of nitrogens with zero attached hydrogens (tertiary/aromatic N) is 1. The Kier molecular flexibility index (Phi) is 5.38. The molecule has 0 heterocycles. The molecule has 2 unspecified atom stereocenters. The van der Waals surface area contributed by atoms with Gasteiger partial charge in [0.25, 0.3) is 0 Å². The van der Waals surface area contributed by atoms with Crippen LogP contribution >= 0.6 is 11.6 Å². The number of hydrogen-bond acceptors (Lipinski definition) is 4. The third-order valence-corrected chi connectivity index (χ3v) is 3.94. The average molecular weight is 336 g/mol. The summed E-state index contributed by atoms with van der Waals surface area (Å²) in [7, 11) is 0. The summed E-state index contributed by atoms with van der Waals surface area (Å²) in [6, 6.07) is 7.55.